The van der Waals surface area contributed by atoms with Crippen molar-refractivity contribution in [2.75, 3.05) is 0 Å². The van der Waals surface area contributed by atoms with Crippen molar-refractivity contribution >= 4 is 29.0 Å². The zero-order chi connectivity index (χ0) is 13.5. The lowest BCUT2D eigenvalue weighted by Crippen LogP contribution is -2.10. The Balaban J connectivity index is 2.80. The van der Waals surface area contributed by atoms with E-state index in [1.54, 1.807) is 18.2 Å². The van der Waals surface area contributed by atoms with Crippen LogP contribution in [0.25, 0.3) is 0 Å². The second-order valence-electron chi connectivity index (χ2n) is 4.16. The molecule has 1 atom stereocenters. The summed E-state index contributed by atoms with van der Waals surface area (Å²) in [6.07, 6.45) is 3.32. The van der Waals surface area contributed by atoms with Crippen molar-refractivity contribution in [2.45, 2.75) is 38.5 Å². The van der Waals surface area contributed by atoms with Gasteiger partial charge in [0.25, 0.3) is 0 Å². The number of hydrogen-bond donors (Lipinski definition) is 0. The molecule has 0 saturated heterocycles. The first kappa shape index (κ1) is 15.0. The van der Waals surface area contributed by atoms with Crippen LogP contribution >= 0.6 is 23.2 Å². The molecule has 0 heterocycles. The molecule has 0 aliphatic rings. The van der Waals surface area contributed by atoms with Gasteiger partial charge in [0.05, 0.1) is 16.1 Å². The summed E-state index contributed by atoms with van der Waals surface area (Å²) in [4.78, 5) is 11.9. The first-order valence-electron chi connectivity index (χ1n) is 5.97. The van der Waals surface area contributed by atoms with Gasteiger partial charge in [0, 0.05) is 6.42 Å². The second-order valence-corrected chi connectivity index (χ2v) is 4.97. The number of rotatable bonds is 6. The number of hydrogen-bond acceptors (Lipinski definition) is 2. The third-order valence-corrected chi connectivity index (χ3v) is 3.49. The number of unbranched alkanes of at least 4 members (excludes halogenated alkanes) is 2. The molecule has 0 amide bonds. The van der Waals surface area contributed by atoms with Crippen LogP contribution in [0, 0.1) is 11.3 Å². The maximum absolute atomic E-state index is 11.9. The lowest BCUT2D eigenvalue weighted by atomic mass is 9.93. The van der Waals surface area contributed by atoms with Gasteiger partial charge >= 0.3 is 0 Å². The predicted octanol–water partition coefficient (Wildman–Crippen LogP) is 4.75. The average Bonchev–Trinajstić information content (AvgIpc) is 2.35. The maximum Gasteiger partial charge on any atom is 0.154 e. The average molecular weight is 284 g/mol. The topological polar surface area (TPSA) is 40.9 Å². The Morgan fingerprint density at radius 2 is 2.06 bits per heavy atom. The maximum atomic E-state index is 11.9. The molecule has 0 aromatic heterocycles. The van der Waals surface area contributed by atoms with Crippen molar-refractivity contribution < 1.29 is 4.79 Å². The summed E-state index contributed by atoms with van der Waals surface area (Å²) < 4.78 is 0. The van der Waals surface area contributed by atoms with Gasteiger partial charge in [0.2, 0.25) is 0 Å². The van der Waals surface area contributed by atoms with Gasteiger partial charge in [-0.1, -0.05) is 49.0 Å². The van der Waals surface area contributed by atoms with Gasteiger partial charge in [-0.05, 0) is 24.1 Å². The zero-order valence-electron chi connectivity index (χ0n) is 10.2. The van der Waals surface area contributed by atoms with E-state index >= 15 is 0 Å². The summed E-state index contributed by atoms with van der Waals surface area (Å²) in [5.41, 5.74) is 0.619. The molecule has 0 spiro atoms. The van der Waals surface area contributed by atoms with Crippen LogP contribution in [-0.2, 0) is 4.79 Å². The molecule has 2 nitrogen and oxygen atoms in total. The second kappa shape index (κ2) is 7.41. The van der Waals surface area contributed by atoms with Crippen molar-refractivity contribution in [3.8, 4) is 6.07 Å². The number of nitriles is 1. The molecule has 0 saturated carbocycles. The van der Waals surface area contributed by atoms with Gasteiger partial charge in [0.15, 0.2) is 5.78 Å². The molecule has 0 aliphatic carbocycles. The SMILES string of the molecule is CCCCCC(=O)C(C#N)c1ccc(Cl)c(Cl)c1. The van der Waals surface area contributed by atoms with E-state index in [1.165, 1.54) is 0 Å². The standard InChI is InChI=1S/C14H15Cl2NO/c1-2-3-4-5-14(18)11(9-17)10-6-7-12(15)13(16)8-10/h6-8,11H,2-5H2,1H3. The zero-order valence-corrected chi connectivity index (χ0v) is 11.8. The Labute approximate surface area is 118 Å². The number of Topliss-reactive ketones (excluding diaryl/α,β-unsaturated/α-hetero) is 1. The molecular formula is C14H15Cl2NO. The van der Waals surface area contributed by atoms with E-state index in [0.717, 1.165) is 19.3 Å². The summed E-state index contributed by atoms with van der Waals surface area (Å²) in [6, 6.07) is 6.93. The molecule has 1 aromatic rings. The number of carbonyl (C=O) groups is 1. The molecule has 1 rings (SSSR count). The van der Waals surface area contributed by atoms with Crippen LogP contribution in [0.3, 0.4) is 0 Å². The van der Waals surface area contributed by atoms with Gasteiger partial charge in [-0.15, -0.1) is 0 Å². The third-order valence-electron chi connectivity index (χ3n) is 2.75. The van der Waals surface area contributed by atoms with Crippen molar-refractivity contribution in [1.29, 1.82) is 5.26 Å². The van der Waals surface area contributed by atoms with E-state index in [-0.39, 0.29) is 5.78 Å². The van der Waals surface area contributed by atoms with Gasteiger partial charge in [-0.3, -0.25) is 4.79 Å². The van der Waals surface area contributed by atoms with Crippen LogP contribution in [-0.4, -0.2) is 5.78 Å². The third kappa shape index (κ3) is 4.01. The first-order chi connectivity index (χ1) is 8.60. The van der Waals surface area contributed by atoms with Crippen LogP contribution < -0.4 is 0 Å². The molecule has 4 heteroatoms. The fraction of sp³-hybridized carbons (Fsp3) is 0.429. The van der Waals surface area contributed by atoms with Gasteiger partial charge in [0.1, 0.15) is 5.92 Å². The number of ketones is 1. The molecule has 0 bridgehead atoms. The van der Waals surface area contributed by atoms with Crippen molar-refractivity contribution in [2.24, 2.45) is 0 Å². The smallest absolute Gasteiger partial charge is 0.154 e. The summed E-state index contributed by atoms with van der Waals surface area (Å²) in [6.45, 7) is 2.07. The Bertz CT molecular complexity index is 465. The molecule has 96 valence electrons. The molecular weight excluding hydrogens is 269 g/mol. The minimum atomic E-state index is -0.739. The Kier molecular flexibility index (Phi) is 6.18. The summed E-state index contributed by atoms with van der Waals surface area (Å²) in [7, 11) is 0. The summed E-state index contributed by atoms with van der Waals surface area (Å²) in [5.74, 6) is -0.791. The lowest BCUT2D eigenvalue weighted by molar-refractivity contribution is -0.119. The lowest BCUT2D eigenvalue weighted by Gasteiger charge is -2.09. The van der Waals surface area contributed by atoms with E-state index in [9.17, 15) is 4.79 Å². The number of halogens is 2. The molecule has 18 heavy (non-hydrogen) atoms. The normalized spacial score (nSPS) is 11.9. The molecule has 0 radical (unpaired) electrons. The highest BCUT2D eigenvalue weighted by Crippen LogP contribution is 2.27. The Morgan fingerprint density at radius 3 is 2.61 bits per heavy atom. The predicted molar refractivity (Wildman–Crippen MR) is 74.0 cm³/mol. The molecule has 0 aliphatic heterocycles. The quantitative estimate of drug-likeness (QED) is 0.707. The Hall–Kier alpha value is -1.04. The van der Waals surface area contributed by atoms with Crippen molar-refractivity contribution in [1.82, 2.24) is 0 Å². The highest BCUT2D eigenvalue weighted by atomic mass is 35.5. The molecule has 1 unspecified atom stereocenters. The first-order valence-corrected chi connectivity index (χ1v) is 6.73. The molecule has 1 aromatic carbocycles. The van der Waals surface area contributed by atoms with E-state index < -0.39 is 5.92 Å². The van der Waals surface area contributed by atoms with Crippen molar-refractivity contribution in [3.05, 3.63) is 33.8 Å². The summed E-state index contributed by atoms with van der Waals surface area (Å²) in [5, 5.41) is 9.92. The fourth-order valence-electron chi connectivity index (χ4n) is 1.72. The van der Waals surface area contributed by atoms with Crippen LogP contribution in [0.15, 0.2) is 18.2 Å². The fourth-order valence-corrected chi connectivity index (χ4v) is 2.02. The van der Waals surface area contributed by atoms with Crippen LogP contribution in [0.4, 0.5) is 0 Å². The minimum Gasteiger partial charge on any atom is -0.298 e. The number of nitrogens with zero attached hydrogens (tertiary/aromatic N) is 1. The van der Waals surface area contributed by atoms with Gasteiger partial charge in [-0.25, -0.2) is 0 Å². The largest absolute Gasteiger partial charge is 0.298 e. The number of carbonyl (C=O) groups excluding carboxylic acids is 1. The van der Waals surface area contributed by atoms with E-state index in [0.29, 0.717) is 22.0 Å². The van der Waals surface area contributed by atoms with Crippen LogP contribution in [0.2, 0.25) is 10.0 Å². The highest BCUT2D eigenvalue weighted by molar-refractivity contribution is 6.42. The summed E-state index contributed by atoms with van der Waals surface area (Å²) >= 11 is 11.7. The van der Waals surface area contributed by atoms with E-state index in [4.69, 9.17) is 28.5 Å². The van der Waals surface area contributed by atoms with Gasteiger partial charge in [-0.2, -0.15) is 5.26 Å². The Morgan fingerprint density at radius 1 is 1.33 bits per heavy atom. The van der Waals surface area contributed by atoms with Crippen LogP contribution in [0.1, 0.15) is 44.1 Å². The highest BCUT2D eigenvalue weighted by Gasteiger charge is 2.20. The minimum absolute atomic E-state index is 0.0515. The monoisotopic (exact) mass is 283 g/mol. The number of benzene rings is 1. The van der Waals surface area contributed by atoms with Crippen molar-refractivity contribution in [3.63, 3.8) is 0 Å². The molecule has 0 fully saturated rings. The van der Waals surface area contributed by atoms with E-state index in [2.05, 4.69) is 6.92 Å². The molecule has 0 N–H and O–H groups in total. The van der Waals surface area contributed by atoms with Crippen LogP contribution in [0.5, 0.6) is 0 Å². The van der Waals surface area contributed by atoms with E-state index in [1.807, 2.05) is 6.07 Å². The van der Waals surface area contributed by atoms with Gasteiger partial charge < -0.3 is 0 Å².